The summed E-state index contributed by atoms with van der Waals surface area (Å²) in [7, 11) is 0. The normalized spacial score (nSPS) is 14.7. The first-order chi connectivity index (χ1) is 15.0. The number of carbonyl (C=O) groups is 3. The molecule has 1 aliphatic heterocycles. The van der Waals surface area contributed by atoms with Crippen molar-refractivity contribution in [1.82, 2.24) is 14.8 Å². The van der Waals surface area contributed by atoms with Crippen LogP contribution in [0.5, 0.6) is 0 Å². The number of urea groups is 1. The average molecular weight is 416 g/mol. The molecule has 31 heavy (non-hydrogen) atoms. The summed E-state index contributed by atoms with van der Waals surface area (Å²) in [4.78, 5) is 38.0. The third kappa shape index (κ3) is 3.89. The van der Waals surface area contributed by atoms with E-state index in [0.29, 0.717) is 12.1 Å². The molecule has 2 aromatic carbocycles. The molecule has 1 saturated heterocycles. The molecule has 8 heteroatoms. The van der Waals surface area contributed by atoms with Crippen molar-refractivity contribution in [2.45, 2.75) is 6.54 Å². The zero-order chi connectivity index (χ0) is 22.0. The average Bonchev–Trinajstić information content (AvgIpc) is 3.22. The van der Waals surface area contributed by atoms with Crippen molar-refractivity contribution in [3.05, 3.63) is 71.8 Å². The molecule has 2 N–H and O–H groups in total. The van der Waals surface area contributed by atoms with Crippen LogP contribution in [-0.4, -0.2) is 33.9 Å². The van der Waals surface area contributed by atoms with E-state index in [1.807, 2.05) is 28.8 Å². The van der Waals surface area contributed by atoms with Crippen LogP contribution >= 0.6 is 0 Å². The molecule has 4 amide bonds. The van der Waals surface area contributed by atoms with E-state index >= 15 is 0 Å². The number of anilines is 1. The molecule has 0 radical (unpaired) electrons. The lowest BCUT2D eigenvalue weighted by Gasteiger charge is -2.12. The van der Waals surface area contributed by atoms with Crippen molar-refractivity contribution in [3.63, 3.8) is 0 Å². The van der Waals surface area contributed by atoms with Crippen LogP contribution in [0.3, 0.4) is 0 Å². The number of rotatable bonds is 5. The lowest BCUT2D eigenvalue weighted by molar-refractivity contribution is -0.127. The van der Waals surface area contributed by atoms with Crippen molar-refractivity contribution < 1.29 is 18.8 Å². The van der Waals surface area contributed by atoms with Gasteiger partial charge in [-0.25, -0.2) is 14.1 Å². The zero-order valence-corrected chi connectivity index (χ0v) is 16.3. The van der Waals surface area contributed by atoms with Crippen molar-refractivity contribution in [2.24, 2.45) is 0 Å². The van der Waals surface area contributed by atoms with Crippen LogP contribution in [0.25, 0.3) is 17.0 Å². The Hall–Kier alpha value is -4.38. The summed E-state index contributed by atoms with van der Waals surface area (Å²) in [5, 5.41) is 5.70. The molecule has 154 valence electrons. The molecule has 7 nitrogen and oxygen atoms in total. The number of terminal acetylenes is 1. The largest absolute Gasteiger partial charge is 0.335 e. The number of amides is 4. The van der Waals surface area contributed by atoms with Gasteiger partial charge in [-0.2, -0.15) is 0 Å². The van der Waals surface area contributed by atoms with Crippen molar-refractivity contribution in [3.8, 4) is 12.3 Å². The first-order valence-corrected chi connectivity index (χ1v) is 9.38. The number of hydrogen-bond donors (Lipinski definition) is 2. The van der Waals surface area contributed by atoms with Crippen LogP contribution in [0.15, 0.2) is 60.4 Å². The second-order valence-electron chi connectivity index (χ2n) is 6.84. The number of nitrogens with one attached hydrogen (secondary N) is 2. The molecule has 0 saturated carbocycles. The van der Waals surface area contributed by atoms with Gasteiger partial charge in [-0.15, -0.1) is 6.42 Å². The molecular formula is C23H17FN4O3. The van der Waals surface area contributed by atoms with Gasteiger partial charge in [-0.3, -0.25) is 9.59 Å². The lowest BCUT2D eigenvalue weighted by Crippen LogP contribution is -2.38. The Balaban J connectivity index is 1.55. The number of carbonyl (C=O) groups excluding carboxylic acids is 3. The van der Waals surface area contributed by atoms with Crippen molar-refractivity contribution in [1.29, 1.82) is 0 Å². The smallest absolute Gasteiger partial charge is 0.329 e. The SMILES string of the molecule is C#CCn1cc(/C=C2/NC(=O)N(CC(=O)Nc3ccccc3F)C2=O)c2ccccc21. The molecule has 0 spiro atoms. The monoisotopic (exact) mass is 416 g/mol. The van der Waals surface area contributed by atoms with E-state index in [4.69, 9.17) is 6.42 Å². The highest BCUT2D eigenvalue weighted by Gasteiger charge is 2.35. The van der Waals surface area contributed by atoms with Gasteiger partial charge in [0.1, 0.15) is 18.1 Å². The first-order valence-electron chi connectivity index (χ1n) is 9.38. The number of nitrogens with zero attached hydrogens (tertiary/aromatic N) is 2. The topological polar surface area (TPSA) is 83.4 Å². The quantitative estimate of drug-likeness (QED) is 0.381. The van der Waals surface area contributed by atoms with Gasteiger partial charge >= 0.3 is 6.03 Å². The Morgan fingerprint density at radius 1 is 1.16 bits per heavy atom. The van der Waals surface area contributed by atoms with E-state index in [9.17, 15) is 18.8 Å². The van der Waals surface area contributed by atoms with Gasteiger partial charge in [0.05, 0.1) is 12.2 Å². The third-order valence-corrected chi connectivity index (χ3v) is 4.79. The predicted molar refractivity (Wildman–Crippen MR) is 114 cm³/mol. The van der Waals surface area contributed by atoms with Gasteiger partial charge in [0.25, 0.3) is 5.91 Å². The molecule has 3 aromatic rings. The number of para-hydroxylation sites is 2. The number of hydrogen-bond acceptors (Lipinski definition) is 3. The first kappa shape index (κ1) is 19.9. The van der Waals surface area contributed by atoms with E-state index in [-0.39, 0.29) is 11.4 Å². The van der Waals surface area contributed by atoms with Gasteiger partial charge in [-0.05, 0) is 24.3 Å². The number of aromatic nitrogens is 1. The fourth-order valence-corrected chi connectivity index (χ4v) is 3.39. The number of halogens is 1. The zero-order valence-electron chi connectivity index (χ0n) is 16.3. The summed E-state index contributed by atoms with van der Waals surface area (Å²) >= 11 is 0. The van der Waals surface area contributed by atoms with Crippen LogP contribution in [0, 0.1) is 18.2 Å². The highest BCUT2D eigenvalue weighted by atomic mass is 19.1. The fourth-order valence-electron chi connectivity index (χ4n) is 3.39. The molecule has 1 aromatic heterocycles. The summed E-state index contributed by atoms with van der Waals surface area (Å²) in [6, 6.07) is 12.4. The van der Waals surface area contributed by atoms with Gasteiger partial charge in [-0.1, -0.05) is 36.3 Å². The van der Waals surface area contributed by atoms with Gasteiger partial charge in [0, 0.05) is 22.7 Å². The van der Waals surface area contributed by atoms with Crippen LogP contribution in [-0.2, 0) is 16.1 Å². The van der Waals surface area contributed by atoms with Crippen molar-refractivity contribution in [2.75, 3.05) is 11.9 Å². The van der Waals surface area contributed by atoms with Gasteiger partial charge < -0.3 is 15.2 Å². The highest BCUT2D eigenvalue weighted by molar-refractivity contribution is 6.16. The molecule has 0 bridgehead atoms. The summed E-state index contributed by atoms with van der Waals surface area (Å²) in [5.41, 5.74) is 1.60. The molecule has 1 aliphatic rings. The molecular weight excluding hydrogens is 399 g/mol. The van der Waals surface area contributed by atoms with E-state index in [0.717, 1.165) is 15.8 Å². The molecule has 0 aliphatic carbocycles. The Bertz CT molecular complexity index is 1290. The maximum atomic E-state index is 13.7. The second-order valence-corrected chi connectivity index (χ2v) is 6.84. The second kappa shape index (κ2) is 8.16. The number of fused-ring (bicyclic) bond motifs is 1. The summed E-state index contributed by atoms with van der Waals surface area (Å²) in [6.07, 6.45) is 8.77. The van der Waals surface area contributed by atoms with Crippen LogP contribution in [0.2, 0.25) is 0 Å². The van der Waals surface area contributed by atoms with Crippen LogP contribution < -0.4 is 10.6 Å². The maximum Gasteiger partial charge on any atom is 0.329 e. The minimum absolute atomic E-state index is 0.0309. The highest BCUT2D eigenvalue weighted by Crippen LogP contribution is 2.24. The van der Waals surface area contributed by atoms with Crippen molar-refractivity contribution >= 4 is 40.5 Å². The predicted octanol–water partition coefficient (Wildman–Crippen LogP) is 2.95. The summed E-state index contributed by atoms with van der Waals surface area (Å²) < 4.78 is 15.6. The minimum atomic E-state index is -0.729. The van der Waals surface area contributed by atoms with Crippen LogP contribution in [0.1, 0.15) is 5.56 Å². The Morgan fingerprint density at radius 2 is 1.90 bits per heavy atom. The Morgan fingerprint density at radius 3 is 2.68 bits per heavy atom. The third-order valence-electron chi connectivity index (χ3n) is 4.79. The van der Waals surface area contributed by atoms with E-state index in [2.05, 4.69) is 16.6 Å². The van der Waals surface area contributed by atoms with Gasteiger partial charge in [0.15, 0.2) is 0 Å². The minimum Gasteiger partial charge on any atom is -0.335 e. The van der Waals surface area contributed by atoms with Gasteiger partial charge in [0.2, 0.25) is 5.91 Å². The molecule has 1 fully saturated rings. The molecule has 0 atom stereocenters. The summed E-state index contributed by atoms with van der Waals surface area (Å²) in [6.45, 7) is -0.193. The molecule has 4 rings (SSSR count). The van der Waals surface area contributed by atoms with Crippen LogP contribution in [0.4, 0.5) is 14.9 Å². The molecule has 0 unspecified atom stereocenters. The lowest BCUT2D eigenvalue weighted by atomic mass is 10.1. The standard InChI is InChI=1S/C23H17FN4O3/c1-2-11-27-13-15(16-7-3-6-10-20(16)27)12-19-22(30)28(23(31)26-19)14-21(29)25-18-9-5-4-8-17(18)24/h1,3-10,12-13H,11,14H2,(H,25,29)(H,26,31)/b19-12+. The fraction of sp³-hybridized carbons (Fsp3) is 0.0870. The number of benzene rings is 2. The maximum absolute atomic E-state index is 13.7. The summed E-state index contributed by atoms with van der Waals surface area (Å²) in [5.74, 6) is 0.619. The Kier molecular flexibility index (Phi) is 5.24. The number of imide groups is 1. The van der Waals surface area contributed by atoms with E-state index < -0.39 is 30.2 Å². The Labute approximate surface area is 177 Å². The van der Waals surface area contributed by atoms with E-state index in [1.54, 1.807) is 18.3 Å². The van der Waals surface area contributed by atoms with E-state index in [1.165, 1.54) is 18.2 Å². The molecule has 2 heterocycles.